The van der Waals surface area contributed by atoms with Crippen LogP contribution in [0.4, 0.5) is 0 Å². The Morgan fingerprint density at radius 3 is 2.12 bits per heavy atom. The van der Waals surface area contributed by atoms with E-state index in [1.807, 2.05) is 54.9 Å². The lowest BCUT2D eigenvalue weighted by Crippen LogP contribution is -2.29. The number of nitriles is 1. The highest BCUT2D eigenvalue weighted by atomic mass is 14.9. The molecule has 112 valence electrons. The number of pyridine rings is 2. The minimum absolute atomic E-state index is 0.698. The van der Waals surface area contributed by atoms with Crippen LogP contribution in [0.25, 0.3) is 27.6 Å². The highest BCUT2D eigenvalue weighted by Crippen LogP contribution is 2.23. The molecule has 0 aliphatic heterocycles. The molecule has 0 bridgehead atoms. The molecular formula is C21H14N3+. The molecule has 0 amide bonds. The average molecular weight is 308 g/mol. The number of fused-ring (bicyclic) bond motifs is 1. The van der Waals surface area contributed by atoms with E-state index < -0.39 is 0 Å². The van der Waals surface area contributed by atoms with Crippen LogP contribution in [0.2, 0.25) is 0 Å². The first kappa shape index (κ1) is 14.1. The van der Waals surface area contributed by atoms with Crippen molar-refractivity contribution in [2.75, 3.05) is 0 Å². The van der Waals surface area contributed by atoms with E-state index in [1.165, 1.54) is 0 Å². The third-order valence-corrected chi connectivity index (χ3v) is 4.14. The fraction of sp³-hybridized carbons (Fsp3) is 0. The topological polar surface area (TPSA) is 40.6 Å². The molecule has 0 N–H and O–H groups in total. The molecule has 2 aromatic carbocycles. The summed E-state index contributed by atoms with van der Waals surface area (Å²) in [5.41, 5.74) is 4.04. The molecule has 0 aliphatic rings. The van der Waals surface area contributed by atoms with Gasteiger partial charge in [-0.15, -0.1) is 0 Å². The Hall–Kier alpha value is -3.51. The number of hydrogen-bond acceptors (Lipinski definition) is 2. The molecular weight excluding hydrogens is 294 g/mol. The van der Waals surface area contributed by atoms with Gasteiger partial charge < -0.3 is 0 Å². The SMILES string of the molecule is N#Cc1ccc(-[n+]2ccc(-c3ccncc3)cc2)c2ccccc12. The lowest BCUT2D eigenvalue weighted by molar-refractivity contribution is -0.594. The molecule has 0 fully saturated rings. The molecule has 2 heterocycles. The normalized spacial score (nSPS) is 10.5. The van der Waals surface area contributed by atoms with Crippen LogP contribution >= 0.6 is 0 Å². The Bertz CT molecular complexity index is 1050. The molecule has 0 radical (unpaired) electrons. The van der Waals surface area contributed by atoms with Gasteiger partial charge in [0.2, 0.25) is 5.69 Å². The zero-order valence-electron chi connectivity index (χ0n) is 12.9. The minimum atomic E-state index is 0.698. The molecule has 0 aliphatic carbocycles. The van der Waals surface area contributed by atoms with Gasteiger partial charge in [-0.05, 0) is 35.4 Å². The number of aromatic nitrogens is 2. The Morgan fingerprint density at radius 2 is 1.42 bits per heavy atom. The third kappa shape index (κ3) is 2.41. The summed E-state index contributed by atoms with van der Waals surface area (Å²) in [4.78, 5) is 4.05. The van der Waals surface area contributed by atoms with Gasteiger partial charge in [0.15, 0.2) is 12.4 Å². The zero-order valence-corrected chi connectivity index (χ0v) is 12.9. The summed E-state index contributed by atoms with van der Waals surface area (Å²) in [7, 11) is 0. The van der Waals surface area contributed by atoms with Crippen molar-refractivity contribution in [3.8, 4) is 22.9 Å². The van der Waals surface area contributed by atoms with Gasteiger partial charge in [0.1, 0.15) is 0 Å². The molecule has 0 saturated heterocycles. The molecule has 24 heavy (non-hydrogen) atoms. The van der Waals surface area contributed by atoms with Crippen molar-refractivity contribution in [2.24, 2.45) is 0 Å². The van der Waals surface area contributed by atoms with E-state index in [2.05, 4.69) is 33.8 Å². The molecule has 4 aromatic rings. The lowest BCUT2D eigenvalue weighted by Gasteiger charge is -2.04. The maximum atomic E-state index is 9.30. The summed E-state index contributed by atoms with van der Waals surface area (Å²) in [5.74, 6) is 0. The van der Waals surface area contributed by atoms with Gasteiger partial charge >= 0.3 is 0 Å². The zero-order chi connectivity index (χ0) is 16.4. The largest absolute Gasteiger partial charge is 0.265 e. The van der Waals surface area contributed by atoms with Crippen molar-refractivity contribution in [1.29, 1.82) is 5.26 Å². The number of benzene rings is 2. The van der Waals surface area contributed by atoms with Gasteiger partial charge in [0.25, 0.3) is 0 Å². The van der Waals surface area contributed by atoms with E-state index in [-0.39, 0.29) is 0 Å². The predicted molar refractivity (Wildman–Crippen MR) is 93.4 cm³/mol. The second-order valence-electron chi connectivity index (χ2n) is 5.52. The molecule has 4 rings (SSSR count). The monoisotopic (exact) mass is 308 g/mol. The van der Waals surface area contributed by atoms with Crippen LogP contribution in [0.15, 0.2) is 85.5 Å². The van der Waals surface area contributed by atoms with Crippen LogP contribution in [0.5, 0.6) is 0 Å². The van der Waals surface area contributed by atoms with E-state index in [1.54, 1.807) is 12.4 Å². The van der Waals surface area contributed by atoms with Gasteiger partial charge in [0, 0.05) is 36.0 Å². The van der Waals surface area contributed by atoms with Gasteiger partial charge in [-0.3, -0.25) is 4.98 Å². The van der Waals surface area contributed by atoms with E-state index in [9.17, 15) is 5.26 Å². The average Bonchev–Trinajstić information content (AvgIpc) is 2.68. The smallest absolute Gasteiger partial charge is 0.218 e. The van der Waals surface area contributed by atoms with Crippen LogP contribution in [-0.2, 0) is 0 Å². The Morgan fingerprint density at radius 1 is 0.750 bits per heavy atom. The highest BCUT2D eigenvalue weighted by Gasteiger charge is 2.13. The van der Waals surface area contributed by atoms with E-state index in [4.69, 9.17) is 0 Å². The quantitative estimate of drug-likeness (QED) is 0.524. The number of nitrogens with zero attached hydrogens (tertiary/aromatic N) is 3. The van der Waals surface area contributed by atoms with Crippen LogP contribution in [0.3, 0.4) is 0 Å². The van der Waals surface area contributed by atoms with Crippen LogP contribution in [0, 0.1) is 11.3 Å². The third-order valence-electron chi connectivity index (χ3n) is 4.14. The summed E-state index contributed by atoms with van der Waals surface area (Å²) in [5, 5.41) is 11.3. The van der Waals surface area contributed by atoms with Gasteiger partial charge in [-0.2, -0.15) is 9.83 Å². The molecule has 0 unspecified atom stereocenters. The maximum Gasteiger partial charge on any atom is 0.218 e. The molecule has 0 saturated carbocycles. The minimum Gasteiger partial charge on any atom is -0.265 e. The first-order chi connectivity index (χ1) is 11.9. The van der Waals surface area contributed by atoms with Gasteiger partial charge in [-0.25, -0.2) is 0 Å². The standard InChI is InChI=1S/C21H14N3/c22-15-18-5-6-21(20-4-2-1-3-19(18)20)24-13-9-17(10-14-24)16-7-11-23-12-8-16/h1-14H/q+1. The van der Waals surface area contributed by atoms with Crippen molar-refractivity contribution in [1.82, 2.24) is 4.98 Å². The highest BCUT2D eigenvalue weighted by molar-refractivity contribution is 5.92. The van der Waals surface area contributed by atoms with Crippen LogP contribution in [-0.4, -0.2) is 4.98 Å². The molecule has 2 aromatic heterocycles. The second kappa shape index (κ2) is 5.94. The summed E-state index contributed by atoms with van der Waals surface area (Å²) in [6, 6.07) is 22.3. The van der Waals surface area contributed by atoms with Crippen molar-refractivity contribution in [3.63, 3.8) is 0 Å². The van der Waals surface area contributed by atoms with E-state index in [0.717, 1.165) is 27.6 Å². The van der Waals surface area contributed by atoms with Gasteiger partial charge in [0.05, 0.1) is 17.0 Å². The van der Waals surface area contributed by atoms with Crippen LogP contribution in [0.1, 0.15) is 5.56 Å². The Labute approximate surface area is 140 Å². The van der Waals surface area contributed by atoms with Crippen LogP contribution < -0.4 is 4.57 Å². The van der Waals surface area contributed by atoms with Crippen molar-refractivity contribution in [3.05, 3.63) is 91.0 Å². The van der Waals surface area contributed by atoms with Gasteiger partial charge in [-0.1, -0.05) is 18.2 Å². The number of hydrogen-bond donors (Lipinski definition) is 0. The predicted octanol–water partition coefficient (Wildman–Crippen LogP) is 4.05. The maximum absolute atomic E-state index is 9.30. The molecule has 3 nitrogen and oxygen atoms in total. The first-order valence-corrected chi connectivity index (χ1v) is 7.71. The molecule has 0 spiro atoms. The summed E-state index contributed by atoms with van der Waals surface area (Å²) >= 11 is 0. The summed E-state index contributed by atoms with van der Waals surface area (Å²) in [6.07, 6.45) is 7.68. The summed E-state index contributed by atoms with van der Waals surface area (Å²) in [6.45, 7) is 0. The Balaban J connectivity index is 1.83. The van der Waals surface area contributed by atoms with Crippen molar-refractivity contribution < 1.29 is 4.57 Å². The van der Waals surface area contributed by atoms with Crippen molar-refractivity contribution >= 4 is 10.8 Å². The number of rotatable bonds is 2. The fourth-order valence-corrected chi connectivity index (χ4v) is 2.93. The first-order valence-electron chi connectivity index (χ1n) is 7.71. The second-order valence-corrected chi connectivity index (χ2v) is 5.52. The fourth-order valence-electron chi connectivity index (χ4n) is 2.93. The van der Waals surface area contributed by atoms with E-state index >= 15 is 0 Å². The van der Waals surface area contributed by atoms with E-state index in [0.29, 0.717) is 5.56 Å². The lowest BCUT2D eigenvalue weighted by atomic mass is 10.0. The summed E-state index contributed by atoms with van der Waals surface area (Å²) < 4.78 is 2.08. The molecule has 0 atom stereocenters. The van der Waals surface area contributed by atoms with Crippen molar-refractivity contribution in [2.45, 2.75) is 0 Å². The Kier molecular flexibility index (Phi) is 3.49. The molecule has 3 heteroatoms.